The molecule has 1 aromatic rings. The van der Waals surface area contributed by atoms with Crippen LogP contribution in [0.4, 0.5) is 0 Å². The lowest BCUT2D eigenvalue weighted by molar-refractivity contribution is -0.132. The summed E-state index contributed by atoms with van der Waals surface area (Å²) >= 11 is 0. The van der Waals surface area contributed by atoms with Crippen molar-refractivity contribution < 1.29 is 9.32 Å². The highest BCUT2D eigenvalue weighted by atomic mass is 16.5. The van der Waals surface area contributed by atoms with E-state index in [0.29, 0.717) is 18.1 Å². The molecule has 2 rings (SSSR count). The van der Waals surface area contributed by atoms with Gasteiger partial charge in [-0.3, -0.25) is 4.79 Å². The zero-order valence-electron chi connectivity index (χ0n) is 9.77. The highest BCUT2D eigenvalue weighted by molar-refractivity contribution is 5.76. The Kier molecular flexibility index (Phi) is 3.22. The molecule has 16 heavy (non-hydrogen) atoms. The van der Waals surface area contributed by atoms with E-state index in [9.17, 15) is 4.79 Å². The van der Waals surface area contributed by atoms with Crippen molar-refractivity contribution in [2.45, 2.75) is 45.6 Å². The predicted octanol–water partition coefficient (Wildman–Crippen LogP) is 1.84. The Morgan fingerprint density at radius 3 is 3.06 bits per heavy atom. The molecule has 1 amide bonds. The van der Waals surface area contributed by atoms with Gasteiger partial charge in [0.05, 0.1) is 0 Å². The van der Waals surface area contributed by atoms with Crippen molar-refractivity contribution in [3.8, 4) is 0 Å². The number of hydrogen-bond donors (Lipinski definition) is 0. The average molecular weight is 223 g/mol. The molecular formula is C11H17N3O2. The van der Waals surface area contributed by atoms with Gasteiger partial charge < -0.3 is 9.42 Å². The van der Waals surface area contributed by atoms with E-state index in [1.807, 2.05) is 11.8 Å². The number of carbonyl (C=O) groups is 1. The van der Waals surface area contributed by atoms with Crippen LogP contribution in [0.2, 0.25) is 0 Å². The molecule has 5 nitrogen and oxygen atoms in total. The van der Waals surface area contributed by atoms with Crippen LogP contribution in [0, 0.1) is 6.92 Å². The van der Waals surface area contributed by atoms with Crippen LogP contribution in [0.1, 0.15) is 50.4 Å². The van der Waals surface area contributed by atoms with Gasteiger partial charge in [0.25, 0.3) is 0 Å². The van der Waals surface area contributed by atoms with E-state index in [0.717, 1.165) is 25.8 Å². The van der Waals surface area contributed by atoms with Crippen molar-refractivity contribution in [1.82, 2.24) is 15.0 Å². The van der Waals surface area contributed by atoms with Crippen LogP contribution in [0.15, 0.2) is 4.52 Å². The second-order valence-corrected chi connectivity index (χ2v) is 4.17. The Balaban J connectivity index is 2.11. The number of amides is 1. The lowest BCUT2D eigenvalue weighted by atomic mass is 10.2. The van der Waals surface area contributed by atoms with Crippen molar-refractivity contribution in [2.24, 2.45) is 0 Å². The molecule has 0 radical (unpaired) electrons. The Morgan fingerprint density at radius 1 is 1.62 bits per heavy atom. The molecule has 0 bridgehead atoms. The first-order valence-electron chi connectivity index (χ1n) is 5.82. The van der Waals surface area contributed by atoms with Crippen LogP contribution in [0.25, 0.3) is 0 Å². The normalized spacial score (nSPS) is 20.4. The SMILES string of the molecule is CCCC(=O)N1CCCC1c1nc(C)no1. The Hall–Kier alpha value is -1.39. The minimum atomic E-state index is 0.000231. The van der Waals surface area contributed by atoms with Crippen LogP contribution in [0.3, 0.4) is 0 Å². The molecule has 2 heterocycles. The Morgan fingerprint density at radius 2 is 2.44 bits per heavy atom. The number of hydrogen-bond acceptors (Lipinski definition) is 4. The topological polar surface area (TPSA) is 59.2 Å². The molecule has 1 aliphatic heterocycles. The maximum atomic E-state index is 11.9. The van der Waals surface area contributed by atoms with E-state index in [1.165, 1.54) is 0 Å². The summed E-state index contributed by atoms with van der Waals surface area (Å²) in [4.78, 5) is 18.0. The average Bonchev–Trinajstić information content (AvgIpc) is 2.85. The van der Waals surface area contributed by atoms with Crippen molar-refractivity contribution >= 4 is 5.91 Å². The molecule has 1 atom stereocenters. The van der Waals surface area contributed by atoms with Gasteiger partial charge in [-0.2, -0.15) is 4.98 Å². The number of nitrogens with zero attached hydrogens (tertiary/aromatic N) is 3. The molecule has 1 saturated heterocycles. The van der Waals surface area contributed by atoms with Crippen LogP contribution < -0.4 is 0 Å². The van der Waals surface area contributed by atoms with E-state index >= 15 is 0 Å². The second-order valence-electron chi connectivity index (χ2n) is 4.17. The molecule has 1 unspecified atom stereocenters. The molecule has 0 aromatic carbocycles. The van der Waals surface area contributed by atoms with Gasteiger partial charge in [-0.1, -0.05) is 12.1 Å². The first kappa shape index (κ1) is 11.1. The number of rotatable bonds is 3. The van der Waals surface area contributed by atoms with Gasteiger partial charge >= 0.3 is 0 Å². The third-order valence-electron chi connectivity index (χ3n) is 2.87. The zero-order chi connectivity index (χ0) is 11.5. The first-order valence-corrected chi connectivity index (χ1v) is 5.82. The standard InChI is InChI=1S/C11H17N3O2/c1-3-5-10(15)14-7-4-6-9(14)11-12-8(2)13-16-11/h9H,3-7H2,1-2H3. The molecule has 0 saturated carbocycles. The fraction of sp³-hybridized carbons (Fsp3) is 0.727. The van der Waals surface area contributed by atoms with Gasteiger partial charge in [0.1, 0.15) is 6.04 Å². The lowest BCUT2D eigenvalue weighted by Crippen LogP contribution is -2.30. The monoisotopic (exact) mass is 223 g/mol. The van der Waals surface area contributed by atoms with Gasteiger partial charge in [0.15, 0.2) is 5.82 Å². The highest BCUT2D eigenvalue weighted by Gasteiger charge is 2.33. The summed E-state index contributed by atoms with van der Waals surface area (Å²) < 4.78 is 5.15. The van der Waals surface area contributed by atoms with E-state index in [4.69, 9.17) is 4.52 Å². The summed E-state index contributed by atoms with van der Waals surface area (Å²) in [5.41, 5.74) is 0. The fourth-order valence-electron chi connectivity index (χ4n) is 2.13. The van der Waals surface area contributed by atoms with E-state index in [-0.39, 0.29) is 11.9 Å². The Bertz CT molecular complexity index is 375. The number of aryl methyl sites for hydroxylation is 1. The minimum Gasteiger partial charge on any atom is -0.337 e. The molecule has 1 fully saturated rings. The summed E-state index contributed by atoms with van der Waals surface area (Å²) in [6.07, 6.45) is 3.42. The third-order valence-corrected chi connectivity index (χ3v) is 2.87. The van der Waals surface area contributed by atoms with Crippen LogP contribution >= 0.6 is 0 Å². The largest absolute Gasteiger partial charge is 0.337 e. The molecule has 0 N–H and O–H groups in total. The van der Waals surface area contributed by atoms with Gasteiger partial charge in [-0.15, -0.1) is 0 Å². The summed E-state index contributed by atoms with van der Waals surface area (Å²) in [6, 6.07) is 0.000231. The summed E-state index contributed by atoms with van der Waals surface area (Å²) in [6.45, 7) is 4.62. The van der Waals surface area contributed by atoms with E-state index < -0.39 is 0 Å². The molecule has 88 valence electrons. The van der Waals surface area contributed by atoms with Gasteiger partial charge in [0, 0.05) is 13.0 Å². The molecule has 1 aromatic heterocycles. The van der Waals surface area contributed by atoms with E-state index in [2.05, 4.69) is 10.1 Å². The van der Waals surface area contributed by atoms with Crippen molar-refractivity contribution in [3.63, 3.8) is 0 Å². The van der Waals surface area contributed by atoms with Gasteiger partial charge in [-0.05, 0) is 26.2 Å². The number of likely N-dealkylation sites (tertiary alicyclic amines) is 1. The maximum absolute atomic E-state index is 11.9. The summed E-state index contributed by atoms with van der Waals surface area (Å²) in [5.74, 6) is 1.41. The fourth-order valence-corrected chi connectivity index (χ4v) is 2.13. The van der Waals surface area contributed by atoms with Crippen molar-refractivity contribution in [1.29, 1.82) is 0 Å². The Labute approximate surface area is 94.8 Å². The summed E-state index contributed by atoms with van der Waals surface area (Å²) in [5, 5.41) is 3.78. The lowest BCUT2D eigenvalue weighted by Gasteiger charge is -2.21. The zero-order valence-corrected chi connectivity index (χ0v) is 9.77. The van der Waals surface area contributed by atoms with Crippen LogP contribution in [0.5, 0.6) is 0 Å². The maximum Gasteiger partial charge on any atom is 0.249 e. The van der Waals surface area contributed by atoms with Crippen molar-refractivity contribution in [2.75, 3.05) is 6.54 Å². The number of carbonyl (C=O) groups excluding carboxylic acids is 1. The second kappa shape index (κ2) is 4.63. The first-order chi connectivity index (χ1) is 7.72. The number of aromatic nitrogens is 2. The van der Waals surface area contributed by atoms with Crippen LogP contribution in [-0.2, 0) is 4.79 Å². The minimum absolute atomic E-state index is 0.000231. The molecule has 0 aliphatic carbocycles. The molecule has 0 spiro atoms. The molecule has 5 heteroatoms. The molecule has 1 aliphatic rings. The van der Waals surface area contributed by atoms with Crippen molar-refractivity contribution in [3.05, 3.63) is 11.7 Å². The quantitative estimate of drug-likeness (QED) is 0.784. The van der Waals surface area contributed by atoms with E-state index in [1.54, 1.807) is 6.92 Å². The predicted molar refractivity (Wildman–Crippen MR) is 57.6 cm³/mol. The van der Waals surface area contributed by atoms with Gasteiger partial charge in [0.2, 0.25) is 11.8 Å². The molecular weight excluding hydrogens is 206 g/mol. The highest BCUT2D eigenvalue weighted by Crippen LogP contribution is 2.31. The smallest absolute Gasteiger partial charge is 0.249 e. The van der Waals surface area contributed by atoms with Crippen LogP contribution in [-0.4, -0.2) is 27.5 Å². The summed E-state index contributed by atoms with van der Waals surface area (Å²) in [7, 11) is 0. The van der Waals surface area contributed by atoms with Gasteiger partial charge in [-0.25, -0.2) is 0 Å². The third kappa shape index (κ3) is 2.08.